The van der Waals surface area contributed by atoms with Crippen molar-refractivity contribution in [3.05, 3.63) is 54.4 Å². The van der Waals surface area contributed by atoms with E-state index >= 15 is 0 Å². The van der Waals surface area contributed by atoms with Crippen LogP contribution < -0.4 is 10.6 Å². The van der Waals surface area contributed by atoms with E-state index in [4.69, 9.17) is 5.73 Å². The maximum absolute atomic E-state index is 11.5. The molecule has 3 aromatic rings. The van der Waals surface area contributed by atoms with Gasteiger partial charge in [-0.1, -0.05) is 29.5 Å². The maximum atomic E-state index is 11.5. The highest BCUT2D eigenvalue weighted by atomic mass is 32.1. The Morgan fingerprint density at radius 3 is 2.60 bits per heavy atom. The molecule has 2 aliphatic rings. The average Bonchev–Trinajstić information content (AvgIpc) is 3.44. The molecule has 1 aromatic carbocycles. The smallest absolute Gasteiger partial charge is 0.240 e. The lowest BCUT2D eigenvalue weighted by Crippen LogP contribution is -2.47. The van der Waals surface area contributed by atoms with Crippen LogP contribution in [0.2, 0.25) is 0 Å². The number of thiazole rings is 1. The van der Waals surface area contributed by atoms with Crippen molar-refractivity contribution in [3.63, 3.8) is 0 Å². The number of benzene rings is 1. The molecule has 158 valence electrons. The first-order chi connectivity index (χ1) is 14.7. The van der Waals surface area contributed by atoms with Crippen molar-refractivity contribution >= 4 is 32.6 Å². The lowest BCUT2D eigenvalue weighted by molar-refractivity contribution is -0.119. The zero-order valence-electron chi connectivity index (χ0n) is 17.2. The first-order valence-electron chi connectivity index (χ1n) is 10.7. The lowest BCUT2D eigenvalue weighted by atomic mass is 10.0. The summed E-state index contributed by atoms with van der Waals surface area (Å²) >= 11 is 1.63. The van der Waals surface area contributed by atoms with E-state index in [0.29, 0.717) is 0 Å². The third-order valence-electron chi connectivity index (χ3n) is 5.69. The van der Waals surface area contributed by atoms with Gasteiger partial charge in [0, 0.05) is 25.5 Å². The van der Waals surface area contributed by atoms with E-state index in [1.165, 1.54) is 31.5 Å². The summed E-state index contributed by atoms with van der Waals surface area (Å²) < 4.78 is 1.15. The fourth-order valence-corrected chi connectivity index (χ4v) is 5.17. The molecule has 7 heteroatoms. The van der Waals surface area contributed by atoms with E-state index in [1.807, 2.05) is 36.7 Å². The average molecular weight is 424 g/mol. The molecule has 2 aromatic heterocycles. The number of hydrogen-bond donors (Lipinski definition) is 1. The SMILES string of the molecule is NC(=O)C1CCCCN1c1nc2ccccc2s1.c1cncc(CN2CCCC2)c1. The molecule has 2 saturated heterocycles. The molecule has 1 unspecified atom stereocenters. The Balaban J connectivity index is 0.000000158. The van der Waals surface area contributed by atoms with Gasteiger partial charge in [-0.05, 0) is 69.0 Å². The molecule has 0 radical (unpaired) electrons. The Morgan fingerprint density at radius 1 is 1.07 bits per heavy atom. The largest absolute Gasteiger partial charge is 0.368 e. The normalized spacial score (nSPS) is 19.5. The number of amides is 1. The van der Waals surface area contributed by atoms with E-state index in [9.17, 15) is 4.79 Å². The molecule has 4 heterocycles. The van der Waals surface area contributed by atoms with Crippen molar-refractivity contribution in [2.24, 2.45) is 5.73 Å². The topological polar surface area (TPSA) is 75.4 Å². The fourth-order valence-electron chi connectivity index (χ4n) is 4.13. The number of piperidine rings is 1. The molecular weight excluding hydrogens is 394 g/mol. The van der Waals surface area contributed by atoms with E-state index in [2.05, 4.69) is 31.9 Å². The van der Waals surface area contributed by atoms with Crippen LogP contribution in [-0.2, 0) is 11.3 Å². The minimum absolute atomic E-state index is 0.195. The van der Waals surface area contributed by atoms with Crippen LogP contribution in [0, 0.1) is 0 Å². The molecule has 2 aliphatic heterocycles. The van der Waals surface area contributed by atoms with E-state index < -0.39 is 0 Å². The summed E-state index contributed by atoms with van der Waals surface area (Å²) in [6, 6.07) is 12.0. The summed E-state index contributed by atoms with van der Waals surface area (Å²) in [6.45, 7) is 4.46. The van der Waals surface area contributed by atoms with Crippen LogP contribution in [0.5, 0.6) is 0 Å². The first kappa shape index (κ1) is 20.8. The molecule has 30 heavy (non-hydrogen) atoms. The third kappa shape index (κ3) is 5.15. The van der Waals surface area contributed by atoms with Crippen molar-refractivity contribution in [1.29, 1.82) is 0 Å². The molecule has 2 N–H and O–H groups in total. The van der Waals surface area contributed by atoms with Crippen LogP contribution in [0.15, 0.2) is 48.8 Å². The Morgan fingerprint density at radius 2 is 1.87 bits per heavy atom. The number of fused-ring (bicyclic) bond motifs is 1. The molecule has 0 saturated carbocycles. The van der Waals surface area contributed by atoms with Crippen molar-refractivity contribution < 1.29 is 4.79 Å². The Kier molecular flexibility index (Phi) is 6.92. The second-order valence-corrected chi connectivity index (χ2v) is 8.93. The summed E-state index contributed by atoms with van der Waals surface area (Å²) in [5.41, 5.74) is 7.81. The zero-order chi connectivity index (χ0) is 20.8. The molecule has 2 fully saturated rings. The van der Waals surface area contributed by atoms with Gasteiger partial charge in [0.2, 0.25) is 5.91 Å². The highest BCUT2D eigenvalue weighted by Crippen LogP contribution is 2.32. The van der Waals surface area contributed by atoms with Gasteiger partial charge in [0.1, 0.15) is 6.04 Å². The van der Waals surface area contributed by atoms with Gasteiger partial charge in [0.05, 0.1) is 10.2 Å². The Bertz CT molecular complexity index is 921. The minimum atomic E-state index is -0.242. The number of para-hydroxylation sites is 1. The van der Waals surface area contributed by atoms with Gasteiger partial charge in [0.15, 0.2) is 5.13 Å². The number of pyridine rings is 1. The number of hydrogen-bond acceptors (Lipinski definition) is 6. The van der Waals surface area contributed by atoms with Crippen LogP contribution >= 0.6 is 11.3 Å². The van der Waals surface area contributed by atoms with Crippen LogP contribution in [-0.4, -0.2) is 46.5 Å². The van der Waals surface area contributed by atoms with Gasteiger partial charge in [-0.15, -0.1) is 0 Å². The molecule has 0 aliphatic carbocycles. The number of nitrogens with zero attached hydrogens (tertiary/aromatic N) is 4. The molecule has 6 nitrogen and oxygen atoms in total. The lowest BCUT2D eigenvalue weighted by Gasteiger charge is -2.33. The first-order valence-corrected chi connectivity index (χ1v) is 11.5. The second-order valence-electron chi connectivity index (χ2n) is 7.92. The van der Waals surface area contributed by atoms with Crippen LogP contribution in [0.25, 0.3) is 10.2 Å². The van der Waals surface area contributed by atoms with Crippen LogP contribution in [0.3, 0.4) is 0 Å². The van der Waals surface area contributed by atoms with Gasteiger partial charge in [0.25, 0.3) is 0 Å². The van der Waals surface area contributed by atoms with Crippen molar-refractivity contribution in [2.45, 2.75) is 44.7 Å². The quantitative estimate of drug-likeness (QED) is 0.690. The van der Waals surface area contributed by atoms with Crippen molar-refractivity contribution in [1.82, 2.24) is 14.9 Å². The van der Waals surface area contributed by atoms with Gasteiger partial charge >= 0.3 is 0 Å². The third-order valence-corrected chi connectivity index (χ3v) is 6.76. The van der Waals surface area contributed by atoms with E-state index in [0.717, 1.165) is 47.7 Å². The summed E-state index contributed by atoms with van der Waals surface area (Å²) in [6.07, 6.45) is 9.51. The standard InChI is InChI=1S/C13H15N3OS.C10H14N2/c14-12(17)10-6-3-4-8-16(10)13-15-9-5-1-2-7-11(9)18-13;1-2-7-12(6-1)9-10-4-3-5-11-8-10/h1-2,5,7,10H,3-4,6,8H2,(H2,14,17);3-5,8H,1-2,6-7,9H2. The van der Waals surface area contributed by atoms with Gasteiger partial charge in [-0.2, -0.15) is 0 Å². The number of likely N-dealkylation sites (tertiary alicyclic amines) is 1. The van der Waals surface area contributed by atoms with Crippen molar-refractivity contribution in [2.75, 3.05) is 24.5 Å². The monoisotopic (exact) mass is 423 g/mol. The maximum Gasteiger partial charge on any atom is 0.240 e. The molecule has 1 amide bonds. The number of rotatable bonds is 4. The highest BCUT2D eigenvalue weighted by Gasteiger charge is 2.29. The molecule has 1 atom stereocenters. The van der Waals surface area contributed by atoms with Gasteiger partial charge < -0.3 is 10.6 Å². The number of carbonyl (C=O) groups is 1. The molecule has 0 spiro atoms. The number of nitrogens with two attached hydrogens (primary N) is 1. The summed E-state index contributed by atoms with van der Waals surface area (Å²) in [4.78, 5) is 24.8. The zero-order valence-corrected chi connectivity index (χ0v) is 18.1. The van der Waals surface area contributed by atoms with Crippen molar-refractivity contribution in [3.8, 4) is 0 Å². The summed E-state index contributed by atoms with van der Waals surface area (Å²) in [7, 11) is 0. The number of primary amides is 1. The Hall–Kier alpha value is -2.51. The molecular formula is C23H29N5OS. The molecule has 0 bridgehead atoms. The predicted molar refractivity (Wildman–Crippen MR) is 123 cm³/mol. The van der Waals surface area contributed by atoms with Crippen LogP contribution in [0.4, 0.5) is 5.13 Å². The van der Waals surface area contributed by atoms with Gasteiger partial charge in [-0.25, -0.2) is 4.98 Å². The summed E-state index contributed by atoms with van der Waals surface area (Å²) in [5, 5.41) is 0.916. The van der Waals surface area contributed by atoms with Gasteiger partial charge in [-0.3, -0.25) is 14.7 Å². The van der Waals surface area contributed by atoms with Crippen LogP contribution in [0.1, 0.15) is 37.7 Å². The predicted octanol–water partition coefficient (Wildman–Crippen LogP) is 3.82. The molecule has 5 rings (SSSR count). The Labute approximate surface area is 181 Å². The number of aromatic nitrogens is 2. The summed E-state index contributed by atoms with van der Waals surface area (Å²) in [5.74, 6) is -0.242. The second kappa shape index (κ2) is 10.00. The highest BCUT2D eigenvalue weighted by molar-refractivity contribution is 7.22. The minimum Gasteiger partial charge on any atom is -0.368 e. The number of carbonyl (C=O) groups excluding carboxylic acids is 1. The van der Waals surface area contributed by atoms with E-state index in [1.54, 1.807) is 11.3 Å². The fraction of sp³-hybridized carbons (Fsp3) is 0.435. The number of anilines is 1. The van der Waals surface area contributed by atoms with E-state index in [-0.39, 0.29) is 11.9 Å².